The van der Waals surface area contributed by atoms with E-state index in [-0.39, 0.29) is 18.1 Å². The molecule has 0 radical (unpaired) electrons. The van der Waals surface area contributed by atoms with Gasteiger partial charge in [0, 0.05) is 50.1 Å². The standard InChI is InChI=1S/C19H24N4O2/c1-22-13-15(12-21-22)18-14(8-10-25-18)11-20-17-7-9-23(19(17)24)16-5-3-2-4-6-16/h2-6,12-14,17-18,20H,7-11H2,1H3. The van der Waals surface area contributed by atoms with Gasteiger partial charge in [0.2, 0.25) is 5.91 Å². The number of hydrogen-bond donors (Lipinski definition) is 1. The molecule has 6 nitrogen and oxygen atoms in total. The summed E-state index contributed by atoms with van der Waals surface area (Å²) in [5, 5.41) is 7.73. The van der Waals surface area contributed by atoms with Crippen LogP contribution in [0.5, 0.6) is 0 Å². The van der Waals surface area contributed by atoms with E-state index in [1.54, 1.807) is 4.68 Å². The second kappa shape index (κ2) is 6.98. The van der Waals surface area contributed by atoms with Gasteiger partial charge in [0.1, 0.15) is 0 Å². The van der Waals surface area contributed by atoms with E-state index in [0.29, 0.717) is 5.92 Å². The van der Waals surface area contributed by atoms with E-state index in [9.17, 15) is 4.79 Å². The number of anilines is 1. The lowest BCUT2D eigenvalue weighted by Gasteiger charge is -2.21. The van der Waals surface area contributed by atoms with E-state index in [0.717, 1.165) is 43.8 Å². The first-order valence-electron chi connectivity index (χ1n) is 8.92. The van der Waals surface area contributed by atoms with Crippen molar-refractivity contribution in [2.45, 2.75) is 25.0 Å². The van der Waals surface area contributed by atoms with Gasteiger partial charge in [0.05, 0.1) is 18.3 Å². The number of aromatic nitrogens is 2. The minimum atomic E-state index is -0.102. The zero-order chi connectivity index (χ0) is 17.2. The Morgan fingerprint density at radius 3 is 2.88 bits per heavy atom. The van der Waals surface area contributed by atoms with Gasteiger partial charge in [-0.05, 0) is 25.0 Å². The first-order valence-corrected chi connectivity index (χ1v) is 8.92. The fourth-order valence-corrected chi connectivity index (χ4v) is 3.83. The van der Waals surface area contributed by atoms with Crippen LogP contribution in [0.1, 0.15) is 24.5 Å². The molecule has 2 aliphatic heterocycles. The monoisotopic (exact) mass is 340 g/mol. The smallest absolute Gasteiger partial charge is 0.244 e. The van der Waals surface area contributed by atoms with Crippen LogP contribution in [0.25, 0.3) is 0 Å². The number of hydrogen-bond acceptors (Lipinski definition) is 4. The molecule has 1 N–H and O–H groups in total. The Bertz CT molecular complexity index is 730. The molecular formula is C19H24N4O2. The summed E-state index contributed by atoms with van der Waals surface area (Å²) in [6, 6.07) is 9.79. The van der Waals surface area contributed by atoms with Crippen molar-refractivity contribution >= 4 is 11.6 Å². The summed E-state index contributed by atoms with van der Waals surface area (Å²) < 4.78 is 7.71. The summed E-state index contributed by atoms with van der Waals surface area (Å²) in [6.45, 7) is 2.33. The van der Waals surface area contributed by atoms with Crippen LogP contribution in [0.15, 0.2) is 42.7 Å². The van der Waals surface area contributed by atoms with Crippen LogP contribution in [0.3, 0.4) is 0 Å². The summed E-state index contributed by atoms with van der Waals surface area (Å²) in [5.41, 5.74) is 2.10. The van der Waals surface area contributed by atoms with Crippen LogP contribution in [0.2, 0.25) is 0 Å². The molecule has 3 heterocycles. The van der Waals surface area contributed by atoms with Crippen LogP contribution in [0.4, 0.5) is 5.69 Å². The lowest BCUT2D eigenvalue weighted by molar-refractivity contribution is -0.118. The first kappa shape index (κ1) is 16.3. The number of nitrogens with zero attached hydrogens (tertiary/aromatic N) is 3. The molecule has 2 aliphatic rings. The zero-order valence-corrected chi connectivity index (χ0v) is 14.5. The Balaban J connectivity index is 1.36. The molecule has 0 spiro atoms. The minimum Gasteiger partial charge on any atom is -0.373 e. The lowest BCUT2D eigenvalue weighted by Crippen LogP contribution is -2.40. The molecule has 2 fully saturated rings. The molecule has 2 saturated heterocycles. The van der Waals surface area contributed by atoms with Crippen LogP contribution < -0.4 is 10.2 Å². The summed E-state index contributed by atoms with van der Waals surface area (Å²) in [5.74, 6) is 0.547. The highest BCUT2D eigenvalue weighted by Crippen LogP contribution is 2.34. The van der Waals surface area contributed by atoms with E-state index >= 15 is 0 Å². The number of benzene rings is 1. The first-order chi connectivity index (χ1) is 12.2. The molecular weight excluding hydrogens is 316 g/mol. The average Bonchev–Trinajstić information content (AvgIpc) is 3.34. The highest BCUT2D eigenvalue weighted by molar-refractivity contribution is 5.99. The number of nitrogens with one attached hydrogen (secondary N) is 1. The zero-order valence-electron chi connectivity index (χ0n) is 14.5. The van der Waals surface area contributed by atoms with Gasteiger partial charge >= 0.3 is 0 Å². The Morgan fingerprint density at radius 2 is 2.12 bits per heavy atom. The normalized spacial score (nSPS) is 26.5. The SMILES string of the molecule is Cn1cc(C2OCCC2CNC2CCN(c3ccccc3)C2=O)cn1. The van der Waals surface area contributed by atoms with Gasteiger partial charge in [-0.2, -0.15) is 5.10 Å². The number of aryl methyl sites for hydroxylation is 1. The van der Waals surface area contributed by atoms with Gasteiger partial charge in [0.15, 0.2) is 0 Å². The van der Waals surface area contributed by atoms with E-state index in [1.807, 2.05) is 54.7 Å². The van der Waals surface area contributed by atoms with Crippen LogP contribution >= 0.6 is 0 Å². The third kappa shape index (κ3) is 3.32. The van der Waals surface area contributed by atoms with Crippen molar-refractivity contribution in [3.8, 4) is 0 Å². The summed E-state index contributed by atoms with van der Waals surface area (Å²) >= 11 is 0. The predicted octanol–water partition coefficient (Wildman–Crippen LogP) is 1.89. The highest BCUT2D eigenvalue weighted by atomic mass is 16.5. The molecule has 0 bridgehead atoms. The van der Waals surface area contributed by atoms with Gasteiger partial charge in [0.25, 0.3) is 0 Å². The maximum atomic E-state index is 12.7. The second-order valence-corrected chi connectivity index (χ2v) is 6.86. The maximum Gasteiger partial charge on any atom is 0.244 e. The van der Waals surface area contributed by atoms with Gasteiger partial charge in [-0.3, -0.25) is 9.48 Å². The minimum absolute atomic E-state index is 0.0722. The molecule has 3 atom stereocenters. The van der Waals surface area contributed by atoms with Gasteiger partial charge in [-0.15, -0.1) is 0 Å². The van der Waals surface area contributed by atoms with Crippen molar-refractivity contribution in [2.24, 2.45) is 13.0 Å². The molecule has 1 aromatic heterocycles. The van der Waals surface area contributed by atoms with Crippen LogP contribution in [-0.2, 0) is 16.6 Å². The summed E-state index contributed by atoms with van der Waals surface area (Å²) in [6.07, 6.45) is 5.82. The van der Waals surface area contributed by atoms with Gasteiger partial charge in [-0.1, -0.05) is 18.2 Å². The molecule has 0 aliphatic carbocycles. The van der Waals surface area contributed by atoms with Crippen LogP contribution in [0, 0.1) is 5.92 Å². The number of amides is 1. The number of ether oxygens (including phenoxy) is 1. The quantitative estimate of drug-likeness (QED) is 0.903. The van der Waals surface area contributed by atoms with Crippen molar-refractivity contribution in [3.63, 3.8) is 0 Å². The third-order valence-corrected chi connectivity index (χ3v) is 5.17. The fraction of sp³-hybridized carbons (Fsp3) is 0.474. The molecule has 1 aromatic carbocycles. The Hall–Kier alpha value is -2.18. The van der Waals surface area contributed by atoms with Crippen molar-refractivity contribution in [1.82, 2.24) is 15.1 Å². The molecule has 132 valence electrons. The van der Waals surface area contributed by atoms with Crippen molar-refractivity contribution in [2.75, 3.05) is 24.6 Å². The van der Waals surface area contributed by atoms with Crippen molar-refractivity contribution in [3.05, 3.63) is 48.3 Å². The Morgan fingerprint density at radius 1 is 1.28 bits per heavy atom. The third-order valence-electron chi connectivity index (χ3n) is 5.17. The number of carbonyl (C=O) groups is 1. The molecule has 25 heavy (non-hydrogen) atoms. The topological polar surface area (TPSA) is 59.4 Å². The Labute approximate surface area is 147 Å². The number of rotatable bonds is 5. The maximum absolute atomic E-state index is 12.7. The molecule has 3 unspecified atom stereocenters. The summed E-state index contributed by atoms with van der Waals surface area (Å²) in [7, 11) is 1.92. The van der Waals surface area contributed by atoms with Crippen LogP contribution in [-0.4, -0.2) is 41.4 Å². The predicted molar refractivity (Wildman–Crippen MR) is 95.2 cm³/mol. The van der Waals surface area contributed by atoms with E-state index in [2.05, 4.69) is 10.4 Å². The molecule has 4 rings (SSSR count). The van der Waals surface area contributed by atoms with Gasteiger partial charge in [-0.25, -0.2) is 0 Å². The lowest BCUT2D eigenvalue weighted by atomic mass is 9.97. The molecule has 2 aromatic rings. The number of para-hydroxylation sites is 1. The van der Waals surface area contributed by atoms with Crippen molar-refractivity contribution < 1.29 is 9.53 Å². The number of carbonyl (C=O) groups excluding carboxylic acids is 1. The highest BCUT2D eigenvalue weighted by Gasteiger charge is 2.35. The molecule has 6 heteroatoms. The van der Waals surface area contributed by atoms with Crippen molar-refractivity contribution in [1.29, 1.82) is 0 Å². The van der Waals surface area contributed by atoms with E-state index in [1.165, 1.54) is 0 Å². The second-order valence-electron chi connectivity index (χ2n) is 6.86. The fourth-order valence-electron chi connectivity index (χ4n) is 3.83. The average molecular weight is 340 g/mol. The van der Waals surface area contributed by atoms with Gasteiger partial charge < -0.3 is 15.0 Å². The Kier molecular flexibility index (Phi) is 4.55. The molecule has 1 amide bonds. The van der Waals surface area contributed by atoms with E-state index < -0.39 is 0 Å². The largest absolute Gasteiger partial charge is 0.373 e. The van der Waals surface area contributed by atoms with E-state index in [4.69, 9.17) is 4.74 Å². The molecule has 0 saturated carbocycles. The summed E-state index contributed by atoms with van der Waals surface area (Å²) in [4.78, 5) is 14.6.